The number of aromatic hydroxyl groups is 1. The fourth-order valence-electron chi connectivity index (χ4n) is 1.35. The molecule has 0 aromatic heterocycles. The predicted molar refractivity (Wildman–Crippen MR) is 47.3 cm³/mol. The third-order valence-corrected chi connectivity index (χ3v) is 3.11. The van der Waals surface area contributed by atoms with Crippen LogP contribution < -0.4 is 0 Å². The lowest BCUT2D eigenvalue weighted by atomic mass is 10.1. The SMILES string of the molecule is Oc1ccc2c(c1)C(F)(F)CCS2. The van der Waals surface area contributed by atoms with Crippen LogP contribution in [0.1, 0.15) is 12.0 Å². The number of rotatable bonds is 0. The smallest absolute Gasteiger partial charge is 0.275 e. The van der Waals surface area contributed by atoms with Crippen LogP contribution in [0.2, 0.25) is 0 Å². The maximum absolute atomic E-state index is 13.3. The molecule has 70 valence electrons. The summed E-state index contributed by atoms with van der Waals surface area (Å²) in [4.78, 5) is 0.578. The van der Waals surface area contributed by atoms with Gasteiger partial charge in [0.1, 0.15) is 5.75 Å². The highest BCUT2D eigenvalue weighted by Gasteiger charge is 2.37. The number of phenols is 1. The topological polar surface area (TPSA) is 20.2 Å². The number of hydrogen-bond donors (Lipinski definition) is 1. The van der Waals surface area contributed by atoms with E-state index in [1.807, 2.05) is 0 Å². The first kappa shape index (κ1) is 8.81. The Hall–Kier alpha value is -0.770. The maximum atomic E-state index is 13.3. The molecule has 0 amide bonds. The zero-order chi connectivity index (χ0) is 9.47. The molecular formula is C9H8F2OS. The average Bonchev–Trinajstić information content (AvgIpc) is 2.06. The van der Waals surface area contributed by atoms with E-state index in [-0.39, 0.29) is 17.7 Å². The highest BCUT2D eigenvalue weighted by molar-refractivity contribution is 7.99. The first-order chi connectivity index (χ1) is 6.09. The van der Waals surface area contributed by atoms with Crippen LogP contribution in [0.5, 0.6) is 5.75 Å². The van der Waals surface area contributed by atoms with Crippen molar-refractivity contribution in [1.29, 1.82) is 0 Å². The molecule has 0 saturated heterocycles. The van der Waals surface area contributed by atoms with Crippen LogP contribution in [-0.4, -0.2) is 10.9 Å². The molecule has 1 aliphatic rings. The molecule has 0 radical (unpaired) electrons. The van der Waals surface area contributed by atoms with E-state index >= 15 is 0 Å². The quantitative estimate of drug-likeness (QED) is 0.698. The molecule has 1 aliphatic heterocycles. The summed E-state index contributed by atoms with van der Waals surface area (Å²) in [6.45, 7) is 0. The molecule has 1 aromatic carbocycles. The average molecular weight is 202 g/mol. The van der Waals surface area contributed by atoms with Gasteiger partial charge in [-0.15, -0.1) is 11.8 Å². The Balaban J connectivity index is 2.55. The molecule has 1 aromatic rings. The molecule has 0 fully saturated rings. The lowest BCUT2D eigenvalue weighted by Crippen LogP contribution is -2.19. The summed E-state index contributed by atoms with van der Waals surface area (Å²) in [5, 5.41) is 9.08. The number of alkyl halides is 2. The Morgan fingerprint density at radius 1 is 1.38 bits per heavy atom. The third-order valence-electron chi connectivity index (χ3n) is 2.03. The minimum atomic E-state index is -2.78. The van der Waals surface area contributed by atoms with E-state index in [0.717, 1.165) is 6.07 Å². The Bertz CT molecular complexity index is 338. The molecule has 1 N–H and O–H groups in total. The minimum absolute atomic E-state index is 0.0382. The largest absolute Gasteiger partial charge is 0.508 e. The van der Waals surface area contributed by atoms with Crippen LogP contribution in [0.4, 0.5) is 8.78 Å². The maximum Gasteiger partial charge on any atom is 0.275 e. The fourth-order valence-corrected chi connectivity index (χ4v) is 2.46. The summed E-state index contributed by atoms with van der Waals surface area (Å²) < 4.78 is 26.5. The van der Waals surface area contributed by atoms with E-state index in [4.69, 9.17) is 5.11 Å². The second kappa shape index (κ2) is 2.87. The molecule has 2 rings (SSSR count). The molecular weight excluding hydrogens is 194 g/mol. The van der Waals surface area contributed by atoms with Gasteiger partial charge in [0.05, 0.1) is 0 Å². The van der Waals surface area contributed by atoms with Crippen molar-refractivity contribution in [3.8, 4) is 5.75 Å². The van der Waals surface area contributed by atoms with Crippen LogP contribution >= 0.6 is 11.8 Å². The summed E-state index contributed by atoms with van der Waals surface area (Å²) in [5.41, 5.74) is -0.0382. The van der Waals surface area contributed by atoms with Gasteiger partial charge >= 0.3 is 0 Å². The first-order valence-electron chi connectivity index (χ1n) is 3.94. The normalized spacial score (nSPS) is 19.5. The molecule has 0 atom stereocenters. The second-order valence-electron chi connectivity index (χ2n) is 2.98. The lowest BCUT2D eigenvalue weighted by Gasteiger charge is -2.24. The number of benzene rings is 1. The zero-order valence-electron chi connectivity index (χ0n) is 6.76. The first-order valence-corrected chi connectivity index (χ1v) is 4.92. The number of hydrogen-bond acceptors (Lipinski definition) is 2. The third kappa shape index (κ3) is 1.50. The van der Waals surface area contributed by atoms with Crippen molar-refractivity contribution >= 4 is 11.8 Å². The Morgan fingerprint density at radius 2 is 2.15 bits per heavy atom. The van der Waals surface area contributed by atoms with Crippen molar-refractivity contribution in [2.24, 2.45) is 0 Å². The van der Waals surface area contributed by atoms with Gasteiger partial charge in [-0.05, 0) is 18.2 Å². The van der Waals surface area contributed by atoms with Crippen LogP contribution in [0, 0.1) is 0 Å². The highest BCUT2D eigenvalue weighted by atomic mass is 32.2. The number of thioether (sulfide) groups is 1. The summed E-state index contributed by atoms with van der Waals surface area (Å²) >= 11 is 1.41. The Morgan fingerprint density at radius 3 is 2.92 bits per heavy atom. The van der Waals surface area contributed by atoms with Crippen molar-refractivity contribution in [3.05, 3.63) is 23.8 Å². The highest BCUT2D eigenvalue weighted by Crippen LogP contribution is 2.44. The molecule has 0 spiro atoms. The van der Waals surface area contributed by atoms with Crippen molar-refractivity contribution in [1.82, 2.24) is 0 Å². The summed E-state index contributed by atoms with van der Waals surface area (Å²) in [6.07, 6.45) is -0.145. The van der Waals surface area contributed by atoms with Crippen LogP contribution in [0.3, 0.4) is 0 Å². The van der Waals surface area contributed by atoms with Gasteiger partial charge in [-0.25, -0.2) is 8.78 Å². The van der Waals surface area contributed by atoms with Crippen LogP contribution in [0.25, 0.3) is 0 Å². The summed E-state index contributed by atoms with van der Waals surface area (Å²) in [5.74, 6) is -2.44. The molecule has 0 aliphatic carbocycles. The van der Waals surface area contributed by atoms with Crippen molar-refractivity contribution in [2.75, 3.05) is 5.75 Å². The summed E-state index contributed by atoms with van der Waals surface area (Å²) in [6, 6.07) is 4.14. The van der Waals surface area contributed by atoms with Crippen LogP contribution in [0.15, 0.2) is 23.1 Å². The zero-order valence-corrected chi connectivity index (χ0v) is 7.57. The van der Waals surface area contributed by atoms with Gasteiger partial charge in [-0.1, -0.05) is 0 Å². The van der Waals surface area contributed by atoms with E-state index in [1.165, 1.54) is 17.8 Å². The van der Waals surface area contributed by atoms with Gasteiger partial charge in [-0.3, -0.25) is 0 Å². The minimum Gasteiger partial charge on any atom is -0.508 e. The predicted octanol–water partition coefficient (Wildman–Crippen LogP) is 2.98. The Kier molecular flexibility index (Phi) is 1.95. The van der Waals surface area contributed by atoms with Gasteiger partial charge in [-0.2, -0.15) is 0 Å². The van der Waals surface area contributed by atoms with Gasteiger partial charge in [0.2, 0.25) is 0 Å². The molecule has 0 bridgehead atoms. The molecule has 4 heteroatoms. The van der Waals surface area contributed by atoms with E-state index in [9.17, 15) is 8.78 Å². The fraction of sp³-hybridized carbons (Fsp3) is 0.333. The van der Waals surface area contributed by atoms with Gasteiger partial charge in [0.25, 0.3) is 5.92 Å². The van der Waals surface area contributed by atoms with Gasteiger partial charge < -0.3 is 5.11 Å². The monoisotopic (exact) mass is 202 g/mol. The number of phenolic OH excluding ortho intramolecular Hbond substituents is 1. The van der Waals surface area contributed by atoms with E-state index in [1.54, 1.807) is 6.07 Å². The summed E-state index contributed by atoms with van der Waals surface area (Å²) in [7, 11) is 0. The van der Waals surface area contributed by atoms with Crippen molar-refractivity contribution in [3.63, 3.8) is 0 Å². The molecule has 0 unspecified atom stereocenters. The van der Waals surface area contributed by atoms with Crippen molar-refractivity contribution in [2.45, 2.75) is 17.2 Å². The lowest BCUT2D eigenvalue weighted by molar-refractivity contribution is -0.0117. The number of halogens is 2. The van der Waals surface area contributed by atoms with Gasteiger partial charge in [0.15, 0.2) is 0 Å². The molecule has 1 heterocycles. The molecule has 1 nitrogen and oxygen atoms in total. The van der Waals surface area contributed by atoms with Crippen LogP contribution in [-0.2, 0) is 5.92 Å². The van der Waals surface area contributed by atoms with E-state index in [0.29, 0.717) is 10.6 Å². The standard InChI is InChI=1S/C9H8F2OS/c10-9(11)3-4-13-8-2-1-6(12)5-7(8)9/h1-2,5,12H,3-4H2. The molecule has 13 heavy (non-hydrogen) atoms. The van der Waals surface area contributed by atoms with Crippen molar-refractivity contribution < 1.29 is 13.9 Å². The second-order valence-corrected chi connectivity index (χ2v) is 4.12. The van der Waals surface area contributed by atoms with E-state index in [2.05, 4.69) is 0 Å². The van der Waals surface area contributed by atoms with E-state index < -0.39 is 5.92 Å². The molecule has 0 saturated carbocycles. The Labute approximate surface area is 78.8 Å². The number of fused-ring (bicyclic) bond motifs is 1. The van der Waals surface area contributed by atoms with Gasteiger partial charge in [0, 0.05) is 22.6 Å².